The van der Waals surface area contributed by atoms with Crippen LogP contribution in [0.4, 0.5) is 0 Å². The number of carbonyl (C=O) groups is 1. The van der Waals surface area contributed by atoms with Crippen LogP contribution in [0.15, 0.2) is 125 Å². The minimum Gasteiger partial charge on any atom is -0.494 e. The fourth-order valence-electron chi connectivity index (χ4n) is 4.99. The summed E-state index contributed by atoms with van der Waals surface area (Å²) in [4.78, 5) is 19.1. The van der Waals surface area contributed by atoms with Gasteiger partial charge < -0.3 is 19.9 Å². The number of hydrogen-bond donors (Lipinski definition) is 2. The third-order valence-electron chi connectivity index (χ3n) is 7.14. The lowest BCUT2D eigenvalue weighted by Gasteiger charge is -2.31. The van der Waals surface area contributed by atoms with Crippen molar-refractivity contribution in [2.75, 3.05) is 19.8 Å². The van der Waals surface area contributed by atoms with E-state index in [9.17, 15) is 4.79 Å². The van der Waals surface area contributed by atoms with Gasteiger partial charge in [0.1, 0.15) is 5.75 Å². The molecule has 0 saturated carbocycles. The fraction of sp³-hybridized carbons (Fsp3) is 0.200. The molecule has 7 heteroatoms. The van der Waals surface area contributed by atoms with Crippen molar-refractivity contribution in [3.63, 3.8) is 0 Å². The molecule has 1 heterocycles. The zero-order valence-corrected chi connectivity index (χ0v) is 24.8. The first-order valence-electron chi connectivity index (χ1n) is 13.9. The number of nitrogens with zero attached hydrogens (tertiary/aromatic N) is 1. The molecule has 4 aromatic carbocycles. The molecule has 214 valence electrons. The third kappa shape index (κ3) is 6.64. The van der Waals surface area contributed by atoms with Gasteiger partial charge >= 0.3 is 0 Å². The summed E-state index contributed by atoms with van der Waals surface area (Å²) in [7, 11) is 0. The number of aliphatic imine (C=N–C) groups is 1. The number of carbonyl (C=O) groups excluding carboxylic acids is 1. The second kappa shape index (κ2) is 13.6. The summed E-state index contributed by atoms with van der Waals surface area (Å²) < 4.78 is 13.3. The molecule has 1 aliphatic rings. The van der Waals surface area contributed by atoms with Crippen LogP contribution >= 0.6 is 15.9 Å². The molecule has 1 aliphatic heterocycles. The molecule has 0 spiro atoms. The van der Waals surface area contributed by atoms with Gasteiger partial charge in [0.15, 0.2) is 11.6 Å². The summed E-state index contributed by atoms with van der Waals surface area (Å²) in [5.74, 6) is 0.838. The highest BCUT2D eigenvalue weighted by Crippen LogP contribution is 2.43. The highest BCUT2D eigenvalue weighted by molar-refractivity contribution is 9.10. The molecule has 6 nitrogen and oxygen atoms in total. The lowest BCUT2D eigenvalue weighted by atomic mass is 9.81. The Bertz CT molecular complexity index is 1520. The van der Waals surface area contributed by atoms with Crippen LogP contribution < -0.4 is 10.1 Å². The molecule has 0 aliphatic carbocycles. The third-order valence-corrected chi connectivity index (χ3v) is 7.67. The number of halogens is 1. The number of benzene rings is 4. The molecule has 5 rings (SSSR count). The summed E-state index contributed by atoms with van der Waals surface area (Å²) in [5.41, 5.74) is 3.47. The van der Waals surface area contributed by atoms with Gasteiger partial charge in [-0.2, -0.15) is 0 Å². The first-order chi connectivity index (χ1) is 20.5. The zero-order chi connectivity index (χ0) is 29.4. The predicted octanol–water partition coefficient (Wildman–Crippen LogP) is 6.68. The second-order valence-corrected chi connectivity index (χ2v) is 11.0. The molecule has 0 saturated heterocycles. The number of nitrogens with one attached hydrogen (secondary N) is 1. The Morgan fingerprint density at radius 1 is 0.952 bits per heavy atom. The summed E-state index contributed by atoms with van der Waals surface area (Å²) in [5, 5.41) is 12.0. The van der Waals surface area contributed by atoms with Crippen LogP contribution in [0, 0.1) is 0 Å². The fourth-order valence-corrected chi connectivity index (χ4v) is 5.26. The Morgan fingerprint density at radius 3 is 2.29 bits per heavy atom. The number of ether oxygens (including phenoxy) is 2. The van der Waals surface area contributed by atoms with Crippen molar-refractivity contribution in [2.45, 2.75) is 24.5 Å². The molecule has 4 aromatic rings. The number of aliphatic hydroxyl groups is 1. The van der Waals surface area contributed by atoms with Crippen molar-refractivity contribution in [3.8, 4) is 16.9 Å². The SMILES string of the molecule is C=CCNC(=O)[C@]1(Cc2ccc(Br)cc2)N=C(c2ccc(OCCCO)cc2)O[C@@H]1c1ccc(-c2ccccc2)cc1. The minimum atomic E-state index is -1.27. The van der Waals surface area contributed by atoms with E-state index in [4.69, 9.17) is 19.6 Å². The molecule has 0 unspecified atom stereocenters. The highest BCUT2D eigenvalue weighted by atomic mass is 79.9. The van der Waals surface area contributed by atoms with E-state index in [1.165, 1.54) is 0 Å². The number of aliphatic hydroxyl groups excluding tert-OH is 1. The average molecular weight is 626 g/mol. The Labute approximate surface area is 254 Å². The van der Waals surface area contributed by atoms with Crippen LogP contribution in [-0.2, 0) is 16.0 Å². The standard InChI is InChI=1S/C35H33BrN2O4/c1-2-21-37-34(40)35(24-25-9-17-30(36)18-10-25)32(28-13-11-27(12-14-28)26-7-4-3-5-8-26)42-33(38-35)29-15-19-31(20-16-29)41-23-6-22-39/h2-5,7-20,32,39H,1,6,21-24H2,(H,37,40)/t32-,35-/m1/s1. The summed E-state index contributed by atoms with van der Waals surface area (Å²) in [6, 6.07) is 33.6. The van der Waals surface area contributed by atoms with E-state index in [2.05, 4.69) is 52.1 Å². The van der Waals surface area contributed by atoms with Gasteiger partial charge in [-0.15, -0.1) is 6.58 Å². The van der Waals surface area contributed by atoms with E-state index in [-0.39, 0.29) is 12.5 Å². The van der Waals surface area contributed by atoms with Crippen molar-refractivity contribution in [3.05, 3.63) is 137 Å². The highest BCUT2D eigenvalue weighted by Gasteiger charge is 2.53. The van der Waals surface area contributed by atoms with E-state index in [0.717, 1.165) is 32.3 Å². The normalized spacial score (nSPS) is 17.7. The number of hydrogen-bond acceptors (Lipinski definition) is 5. The largest absolute Gasteiger partial charge is 0.494 e. The topological polar surface area (TPSA) is 80.2 Å². The van der Waals surface area contributed by atoms with Crippen LogP contribution in [0.25, 0.3) is 11.1 Å². The Balaban J connectivity index is 1.55. The van der Waals surface area contributed by atoms with Gasteiger partial charge in [-0.3, -0.25) is 4.79 Å². The Hall–Kier alpha value is -4.20. The molecule has 0 fully saturated rings. The summed E-state index contributed by atoms with van der Waals surface area (Å²) >= 11 is 3.51. The molecule has 1 amide bonds. The summed E-state index contributed by atoms with van der Waals surface area (Å²) in [6.07, 6.45) is 1.87. The van der Waals surface area contributed by atoms with Crippen LogP contribution in [-0.4, -0.2) is 42.2 Å². The van der Waals surface area contributed by atoms with Crippen molar-refractivity contribution in [2.24, 2.45) is 4.99 Å². The second-order valence-electron chi connectivity index (χ2n) is 10.1. The van der Waals surface area contributed by atoms with Crippen LogP contribution in [0.3, 0.4) is 0 Å². The first-order valence-corrected chi connectivity index (χ1v) is 14.7. The van der Waals surface area contributed by atoms with E-state index in [1.54, 1.807) is 6.08 Å². The van der Waals surface area contributed by atoms with Gasteiger partial charge in [-0.05, 0) is 58.7 Å². The molecule has 0 radical (unpaired) electrons. The van der Waals surface area contributed by atoms with Crippen molar-refractivity contribution < 1.29 is 19.4 Å². The van der Waals surface area contributed by atoms with Crippen molar-refractivity contribution in [1.29, 1.82) is 0 Å². The smallest absolute Gasteiger partial charge is 0.252 e. The van der Waals surface area contributed by atoms with Gasteiger partial charge in [-0.1, -0.05) is 88.7 Å². The predicted molar refractivity (Wildman–Crippen MR) is 170 cm³/mol. The molecule has 2 atom stereocenters. The van der Waals surface area contributed by atoms with Crippen molar-refractivity contribution >= 4 is 27.7 Å². The minimum absolute atomic E-state index is 0.0742. The van der Waals surface area contributed by atoms with Gasteiger partial charge in [-0.25, -0.2) is 4.99 Å². The van der Waals surface area contributed by atoms with Crippen LogP contribution in [0.2, 0.25) is 0 Å². The van der Waals surface area contributed by atoms with Crippen LogP contribution in [0.1, 0.15) is 29.2 Å². The maximum atomic E-state index is 14.1. The molecule has 0 aromatic heterocycles. The monoisotopic (exact) mass is 624 g/mol. The average Bonchev–Trinajstić information content (AvgIpc) is 3.42. The number of amides is 1. The zero-order valence-electron chi connectivity index (χ0n) is 23.2. The summed E-state index contributed by atoms with van der Waals surface area (Å²) in [6.45, 7) is 4.59. The maximum Gasteiger partial charge on any atom is 0.252 e. The van der Waals surface area contributed by atoms with E-state index < -0.39 is 11.6 Å². The molecule has 0 bridgehead atoms. The van der Waals surface area contributed by atoms with Gasteiger partial charge in [0.25, 0.3) is 5.91 Å². The molecule has 42 heavy (non-hydrogen) atoms. The van der Waals surface area contributed by atoms with Crippen molar-refractivity contribution in [1.82, 2.24) is 5.32 Å². The maximum absolute atomic E-state index is 14.1. The molecular weight excluding hydrogens is 592 g/mol. The van der Waals surface area contributed by atoms with Gasteiger partial charge in [0.05, 0.1) is 6.61 Å². The van der Waals surface area contributed by atoms with Gasteiger partial charge in [0, 0.05) is 36.0 Å². The number of rotatable bonds is 12. The van der Waals surface area contributed by atoms with E-state index in [1.807, 2.05) is 78.9 Å². The lowest BCUT2D eigenvalue weighted by Crippen LogP contribution is -2.50. The molecule has 2 N–H and O–H groups in total. The quantitative estimate of drug-likeness (QED) is 0.136. The Kier molecular flexibility index (Phi) is 9.52. The van der Waals surface area contributed by atoms with E-state index >= 15 is 0 Å². The Morgan fingerprint density at radius 2 is 1.62 bits per heavy atom. The molecular formula is C35H33BrN2O4. The van der Waals surface area contributed by atoms with Gasteiger partial charge in [0.2, 0.25) is 5.90 Å². The first kappa shape index (κ1) is 29.3. The van der Waals surface area contributed by atoms with E-state index in [0.29, 0.717) is 37.6 Å². The van der Waals surface area contributed by atoms with Crippen LogP contribution in [0.5, 0.6) is 5.75 Å². The lowest BCUT2D eigenvalue weighted by molar-refractivity contribution is -0.128.